The van der Waals surface area contributed by atoms with Gasteiger partial charge in [0.15, 0.2) is 0 Å². The van der Waals surface area contributed by atoms with E-state index in [1.165, 1.54) is 11.8 Å². The number of sulfonamides is 1. The van der Waals surface area contributed by atoms with Crippen molar-refractivity contribution in [1.29, 1.82) is 0 Å². The molecule has 4 aromatic rings. The van der Waals surface area contributed by atoms with Gasteiger partial charge in [-0.05, 0) is 86.0 Å². The normalized spacial score (nSPS) is 12.1. The van der Waals surface area contributed by atoms with Gasteiger partial charge in [-0.2, -0.15) is 0 Å². The number of aryl methyl sites for hydroxylation is 3. The summed E-state index contributed by atoms with van der Waals surface area (Å²) < 4.78 is 28.0. The predicted molar refractivity (Wildman–Crippen MR) is 148 cm³/mol. The summed E-state index contributed by atoms with van der Waals surface area (Å²) >= 11 is 1.41. The Morgan fingerprint density at radius 1 is 0.722 bits per heavy atom. The highest BCUT2D eigenvalue weighted by molar-refractivity contribution is 8.00. The summed E-state index contributed by atoms with van der Waals surface area (Å²) in [7, 11) is -3.69. The van der Waals surface area contributed by atoms with E-state index in [4.69, 9.17) is 0 Å². The number of nitrogens with one attached hydrogen (secondary N) is 2. The Bertz CT molecular complexity index is 1430. The molecule has 4 aromatic carbocycles. The van der Waals surface area contributed by atoms with E-state index >= 15 is 0 Å². The largest absolute Gasteiger partial charge is 0.325 e. The number of carbonyl (C=O) groups is 1. The van der Waals surface area contributed by atoms with Crippen molar-refractivity contribution in [3.63, 3.8) is 0 Å². The molecule has 184 valence electrons. The van der Waals surface area contributed by atoms with E-state index in [2.05, 4.69) is 16.1 Å². The molecule has 1 amide bonds. The first-order valence-electron chi connectivity index (χ1n) is 11.5. The fourth-order valence-corrected chi connectivity index (χ4v) is 5.91. The summed E-state index contributed by atoms with van der Waals surface area (Å²) in [4.78, 5) is 14.4. The lowest BCUT2D eigenvalue weighted by atomic mass is 10.1. The molecule has 0 bridgehead atoms. The molecular formula is C29H28N2O3S2. The van der Waals surface area contributed by atoms with Gasteiger partial charge < -0.3 is 5.32 Å². The molecule has 1 atom stereocenters. The Hall–Kier alpha value is -3.55. The predicted octanol–water partition coefficient (Wildman–Crippen LogP) is 6.88. The van der Waals surface area contributed by atoms with Crippen molar-refractivity contribution in [2.24, 2.45) is 0 Å². The maximum absolute atomic E-state index is 13.4. The van der Waals surface area contributed by atoms with Crippen LogP contribution in [0.5, 0.6) is 0 Å². The van der Waals surface area contributed by atoms with E-state index in [0.29, 0.717) is 5.69 Å². The third kappa shape index (κ3) is 6.56. The van der Waals surface area contributed by atoms with Crippen LogP contribution in [0.15, 0.2) is 107 Å². The van der Waals surface area contributed by atoms with E-state index in [1.54, 1.807) is 36.4 Å². The van der Waals surface area contributed by atoms with Crippen LogP contribution in [0.3, 0.4) is 0 Å². The maximum Gasteiger partial charge on any atom is 0.261 e. The summed E-state index contributed by atoms with van der Waals surface area (Å²) in [5.74, 6) is -0.125. The van der Waals surface area contributed by atoms with Gasteiger partial charge in [0.1, 0.15) is 5.25 Å². The summed E-state index contributed by atoms with van der Waals surface area (Å²) in [6.07, 6.45) is 0. The Morgan fingerprint density at radius 2 is 1.33 bits per heavy atom. The molecule has 0 fully saturated rings. The molecule has 1 unspecified atom stereocenters. The van der Waals surface area contributed by atoms with Crippen LogP contribution in [-0.4, -0.2) is 14.3 Å². The second kappa shape index (κ2) is 11.0. The molecule has 36 heavy (non-hydrogen) atoms. The number of amides is 1. The summed E-state index contributed by atoms with van der Waals surface area (Å²) in [6.45, 7) is 5.91. The van der Waals surface area contributed by atoms with Crippen molar-refractivity contribution in [3.8, 4) is 0 Å². The first kappa shape index (κ1) is 25.5. The van der Waals surface area contributed by atoms with E-state index in [1.807, 2.05) is 75.4 Å². The third-order valence-corrected chi connectivity index (χ3v) is 8.18. The standard InChI is InChI=1S/C29H28N2O3S2/c1-20-9-15-27(16-10-20)36(33,34)31-24-11-13-26(14-12-24)35-28(23-7-5-4-6-8-23)29(32)30-25-18-21(2)17-22(3)19-25/h4-19,28,31H,1-3H3,(H,30,32). The van der Waals surface area contributed by atoms with Gasteiger partial charge in [0.25, 0.3) is 10.0 Å². The zero-order valence-electron chi connectivity index (χ0n) is 20.4. The number of hydrogen-bond acceptors (Lipinski definition) is 4. The van der Waals surface area contributed by atoms with Crippen LogP contribution < -0.4 is 10.0 Å². The minimum Gasteiger partial charge on any atom is -0.325 e. The number of thioether (sulfide) groups is 1. The van der Waals surface area contributed by atoms with Crippen LogP contribution in [0.2, 0.25) is 0 Å². The SMILES string of the molecule is Cc1ccc(S(=O)(=O)Nc2ccc(SC(C(=O)Nc3cc(C)cc(C)c3)c3ccccc3)cc2)cc1. The lowest BCUT2D eigenvalue weighted by molar-refractivity contribution is -0.115. The Kier molecular flexibility index (Phi) is 7.82. The van der Waals surface area contributed by atoms with Gasteiger partial charge in [-0.15, -0.1) is 11.8 Å². The molecule has 0 aliphatic rings. The molecule has 5 nitrogen and oxygen atoms in total. The molecule has 2 N–H and O–H groups in total. The topological polar surface area (TPSA) is 75.3 Å². The van der Waals surface area contributed by atoms with Crippen LogP contribution in [0.4, 0.5) is 11.4 Å². The van der Waals surface area contributed by atoms with Crippen molar-refractivity contribution < 1.29 is 13.2 Å². The van der Waals surface area contributed by atoms with Crippen molar-refractivity contribution in [3.05, 3.63) is 119 Å². The molecule has 0 aliphatic carbocycles. The van der Waals surface area contributed by atoms with Gasteiger partial charge in [-0.25, -0.2) is 8.42 Å². The molecule has 0 radical (unpaired) electrons. The molecule has 0 aliphatic heterocycles. The Balaban J connectivity index is 1.52. The quantitative estimate of drug-likeness (QED) is 0.250. The fraction of sp³-hybridized carbons (Fsp3) is 0.138. The summed E-state index contributed by atoms with van der Waals surface area (Å²) in [5.41, 5.74) is 5.25. The zero-order chi connectivity index (χ0) is 25.7. The molecule has 7 heteroatoms. The van der Waals surface area contributed by atoms with Gasteiger partial charge in [0.2, 0.25) is 5.91 Å². The average molecular weight is 517 g/mol. The highest BCUT2D eigenvalue weighted by Gasteiger charge is 2.22. The first-order valence-corrected chi connectivity index (χ1v) is 13.9. The van der Waals surface area contributed by atoms with Gasteiger partial charge in [-0.1, -0.05) is 54.1 Å². The second-order valence-electron chi connectivity index (χ2n) is 8.72. The second-order valence-corrected chi connectivity index (χ2v) is 11.6. The lowest BCUT2D eigenvalue weighted by Gasteiger charge is -2.18. The van der Waals surface area contributed by atoms with E-state index < -0.39 is 15.3 Å². The minimum atomic E-state index is -3.69. The number of benzene rings is 4. The Labute approximate surface area is 217 Å². The smallest absolute Gasteiger partial charge is 0.261 e. The van der Waals surface area contributed by atoms with Crippen LogP contribution in [0.1, 0.15) is 27.5 Å². The fourth-order valence-electron chi connectivity index (χ4n) is 3.82. The zero-order valence-corrected chi connectivity index (χ0v) is 22.0. The van der Waals surface area contributed by atoms with Gasteiger partial charge in [0, 0.05) is 16.3 Å². The van der Waals surface area contributed by atoms with Gasteiger partial charge in [-0.3, -0.25) is 9.52 Å². The third-order valence-electron chi connectivity index (χ3n) is 5.52. The van der Waals surface area contributed by atoms with Crippen LogP contribution in [0.25, 0.3) is 0 Å². The van der Waals surface area contributed by atoms with Crippen molar-refractivity contribution in [2.75, 3.05) is 10.0 Å². The Morgan fingerprint density at radius 3 is 1.94 bits per heavy atom. The van der Waals surface area contributed by atoms with Gasteiger partial charge in [0.05, 0.1) is 4.90 Å². The highest BCUT2D eigenvalue weighted by Crippen LogP contribution is 2.37. The number of hydrogen-bond donors (Lipinski definition) is 2. The van der Waals surface area contributed by atoms with Gasteiger partial charge >= 0.3 is 0 Å². The summed E-state index contributed by atoms with van der Waals surface area (Å²) in [5, 5.41) is 2.57. The van der Waals surface area contributed by atoms with Crippen molar-refractivity contribution in [2.45, 2.75) is 35.8 Å². The maximum atomic E-state index is 13.4. The summed E-state index contributed by atoms with van der Waals surface area (Å²) in [6, 6.07) is 29.3. The molecule has 4 rings (SSSR count). The number of anilines is 2. The minimum absolute atomic E-state index is 0.125. The van der Waals surface area contributed by atoms with Crippen LogP contribution in [-0.2, 0) is 14.8 Å². The highest BCUT2D eigenvalue weighted by atomic mass is 32.2. The van der Waals surface area contributed by atoms with Crippen LogP contribution >= 0.6 is 11.8 Å². The average Bonchev–Trinajstić information content (AvgIpc) is 2.83. The van der Waals surface area contributed by atoms with E-state index in [-0.39, 0.29) is 10.8 Å². The van der Waals surface area contributed by atoms with Crippen LogP contribution in [0, 0.1) is 20.8 Å². The molecule has 0 spiro atoms. The number of carbonyl (C=O) groups excluding carboxylic acids is 1. The molecule has 0 aromatic heterocycles. The molecule has 0 heterocycles. The molecule has 0 saturated carbocycles. The van der Waals surface area contributed by atoms with Crippen molar-refractivity contribution in [1.82, 2.24) is 0 Å². The first-order chi connectivity index (χ1) is 17.2. The number of rotatable bonds is 8. The lowest BCUT2D eigenvalue weighted by Crippen LogP contribution is -2.19. The van der Waals surface area contributed by atoms with E-state index in [9.17, 15) is 13.2 Å². The van der Waals surface area contributed by atoms with Crippen molar-refractivity contribution >= 4 is 39.1 Å². The monoisotopic (exact) mass is 516 g/mol. The molecular weight excluding hydrogens is 488 g/mol. The molecule has 0 saturated heterocycles. The van der Waals surface area contributed by atoms with E-state index in [0.717, 1.165) is 32.8 Å².